The van der Waals surface area contributed by atoms with Crippen LogP contribution >= 0.6 is 0 Å². The Morgan fingerprint density at radius 2 is 1.89 bits per heavy atom. The zero-order chi connectivity index (χ0) is 13.9. The van der Waals surface area contributed by atoms with E-state index < -0.39 is 23.9 Å². The molecule has 1 aromatic rings. The van der Waals surface area contributed by atoms with Crippen LogP contribution in [0.4, 0.5) is 13.2 Å². The number of carbonyl (C=O) groups excluding carboxylic acids is 1. The first kappa shape index (κ1) is 14.2. The Hall–Kier alpha value is -1.91. The van der Waals surface area contributed by atoms with Crippen molar-refractivity contribution in [3.63, 3.8) is 0 Å². The van der Waals surface area contributed by atoms with Gasteiger partial charge in [-0.1, -0.05) is 0 Å². The third kappa shape index (κ3) is 3.06. The van der Waals surface area contributed by atoms with E-state index in [9.17, 15) is 23.1 Å². The number of hydrogen-bond acceptors (Lipinski definition) is 4. The maximum Gasteiger partial charge on any atom is 0.416 e. The Labute approximate surface area is 99.9 Å². The monoisotopic (exact) mass is 259 g/mol. The summed E-state index contributed by atoms with van der Waals surface area (Å²) in [4.78, 5) is 10.5. The van der Waals surface area contributed by atoms with E-state index >= 15 is 0 Å². The summed E-state index contributed by atoms with van der Waals surface area (Å²) in [6, 6.07) is 3.47. The van der Waals surface area contributed by atoms with E-state index in [0.29, 0.717) is 12.1 Å². The average Bonchev–Trinajstić information content (AvgIpc) is 2.35. The molecule has 7 heteroatoms. The summed E-state index contributed by atoms with van der Waals surface area (Å²) in [6.07, 6.45) is -8.18. The number of benzene rings is 1. The van der Waals surface area contributed by atoms with Crippen LogP contribution in [0.3, 0.4) is 0 Å². The summed E-state index contributed by atoms with van der Waals surface area (Å²) in [5.74, 6) is 0. The largest absolute Gasteiger partial charge is 0.416 e. The van der Waals surface area contributed by atoms with E-state index in [0.717, 1.165) is 6.07 Å². The maximum absolute atomic E-state index is 12.5. The fourth-order valence-electron chi connectivity index (χ4n) is 1.33. The molecule has 0 heterocycles. The molecule has 0 amide bonds. The van der Waals surface area contributed by atoms with E-state index in [1.165, 1.54) is 6.07 Å². The van der Waals surface area contributed by atoms with Gasteiger partial charge in [0.25, 0.3) is 0 Å². The van der Waals surface area contributed by atoms with Gasteiger partial charge in [0.05, 0.1) is 11.6 Å². The van der Waals surface area contributed by atoms with Gasteiger partial charge in [0.2, 0.25) is 0 Å². The van der Waals surface area contributed by atoms with Crippen LogP contribution < -0.4 is 0 Å². The number of alkyl halides is 3. The number of halogens is 3. The first-order chi connectivity index (χ1) is 8.29. The van der Waals surface area contributed by atoms with E-state index in [4.69, 9.17) is 10.4 Å². The van der Waals surface area contributed by atoms with Gasteiger partial charge in [0.1, 0.15) is 12.4 Å². The highest BCUT2D eigenvalue weighted by atomic mass is 19.4. The van der Waals surface area contributed by atoms with Gasteiger partial charge < -0.3 is 10.2 Å². The molecular weight excluding hydrogens is 251 g/mol. The van der Waals surface area contributed by atoms with Crippen molar-refractivity contribution in [2.45, 2.75) is 18.4 Å². The lowest BCUT2D eigenvalue weighted by Gasteiger charge is -2.15. The third-order valence-corrected chi connectivity index (χ3v) is 2.21. The van der Waals surface area contributed by atoms with Crippen LogP contribution in [0.15, 0.2) is 18.2 Å². The predicted molar refractivity (Wildman–Crippen MR) is 53.4 cm³/mol. The van der Waals surface area contributed by atoms with Crippen molar-refractivity contribution in [3.8, 4) is 6.07 Å². The summed E-state index contributed by atoms with van der Waals surface area (Å²) in [5.41, 5.74) is -1.78. The first-order valence-corrected chi connectivity index (χ1v) is 4.72. The molecule has 18 heavy (non-hydrogen) atoms. The number of aldehydes is 1. The predicted octanol–water partition coefficient (Wildman–Crippen LogP) is 1.44. The van der Waals surface area contributed by atoms with Crippen LogP contribution in [0, 0.1) is 11.3 Å². The van der Waals surface area contributed by atoms with Gasteiger partial charge in [-0.3, -0.25) is 4.79 Å². The lowest BCUT2D eigenvalue weighted by molar-refractivity contribution is -0.137. The van der Waals surface area contributed by atoms with Crippen molar-refractivity contribution < 1.29 is 28.2 Å². The number of aliphatic hydroxyl groups is 2. The van der Waals surface area contributed by atoms with Crippen LogP contribution in [0.25, 0.3) is 0 Å². The SMILES string of the molecule is N#CC(O)C(O)c1cc(C=O)cc(C(F)(F)F)c1. The van der Waals surface area contributed by atoms with Crippen molar-refractivity contribution in [1.29, 1.82) is 5.26 Å². The summed E-state index contributed by atoms with van der Waals surface area (Å²) >= 11 is 0. The third-order valence-electron chi connectivity index (χ3n) is 2.21. The van der Waals surface area contributed by atoms with E-state index in [1.54, 1.807) is 0 Å². The standard InChI is InChI=1S/C11H8F3NO3/c12-11(13,14)8-2-6(5-16)1-7(3-8)10(18)9(17)4-15/h1-3,5,9-10,17-18H. The molecular formula is C11H8F3NO3. The normalized spacial score (nSPS) is 14.7. The zero-order valence-corrected chi connectivity index (χ0v) is 8.85. The van der Waals surface area contributed by atoms with Crippen LogP contribution in [-0.2, 0) is 6.18 Å². The summed E-state index contributed by atoms with van der Waals surface area (Å²) in [6.45, 7) is 0. The van der Waals surface area contributed by atoms with Gasteiger partial charge in [-0.2, -0.15) is 18.4 Å². The Morgan fingerprint density at radius 1 is 1.28 bits per heavy atom. The van der Waals surface area contributed by atoms with Crippen LogP contribution in [0.1, 0.15) is 27.6 Å². The molecule has 2 atom stereocenters. The molecule has 0 aliphatic carbocycles. The molecule has 96 valence electrons. The molecule has 0 saturated heterocycles. The second-order valence-electron chi connectivity index (χ2n) is 3.52. The minimum Gasteiger partial charge on any atom is -0.385 e. The number of hydrogen-bond donors (Lipinski definition) is 2. The molecule has 0 spiro atoms. The number of rotatable bonds is 3. The van der Waals surface area contributed by atoms with Gasteiger partial charge in [0, 0.05) is 5.56 Å². The number of nitrogens with zero attached hydrogens (tertiary/aromatic N) is 1. The molecule has 0 fully saturated rings. The van der Waals surface area contributed by atoms with Crippen LogP contribution in [0.5, 0.6) is 0 Å². The topological polar surface area (TPSA) is 81.3 Å². The lowest BCUT2D eigenvalue weighted by atomic mass is 9.99. The summed E-state index contributed by atoms with van der Waals surface area (Å²) < 4.78 is 37.5. The molecule has 2 unspecified atom stereocenters. The smallest absolute Gasteiger partial charge is 0.385 e. The van der Waals surface area contributed by atoms with Crippen molar-refractivity contribution in [3.05, 3.63) is 34.9 Å². The fourth-order valence-corrected chi connectivity index (χ4v) is 1.33. The van der Waals surface area contributed by atoms with Crippen molar-refractivity contribution in [1.82, 2.24) is 0 Å². The Kier molecular flexibility index (Phi) is 4.06. The molecule has 1 aromatic carbocycles. The van der Waals surface area contributed by atoms with E-state index in [-0.39, 0.29) is 17.4 Å². The molecule has 0 radical (unpaired) electrons. The van der Waals surface area contributed by atoms with Crippen molar-refractivity contribution in [2.24, 2.45) is 0 Å². The fraction of sp³-hybridized carbons (Fsp3) is 0.273. The maximum atomic E-state index is 12.5. The number of aliphatic hydroxyl groups excluding tert-OH is 2. The molecule has 0 aliphatic rings. The molecule has 0 aromatic heterocycles. The minimum atomic E-state index is -4.69. The zero-order valence-electron chi connectivity index (χ0n) is 8.85. The van der Waals surface area contributed by atoms with Gasteiger partial charge in [-0.15, -0.1) is 0 Å². The highest BCUT2D eigenvalue weighted by Crippen LogP contribution is 2.32. The summed E-state index contributed by atoms with van der Waals surface area (Å²) in [7, 11) is 0. The van der Waals surface area contributed by atoms with Gasteiger partial charge in [0.15, 0.2) is 6.10 Å². The second kappa shape index (κ2) is 5.16. The molecule has 0 bridgehead atoms. The van der Waals surface area contributed by atoms with Crippen LogP contribution in [0.2, 0.25) is 0 Å². The van der Waals surface area contributed by atoms with Gasteiger partial charge in [-0.05, 0) is 23.8 Å². The molecule has 0 aliphatic heterocycles. The van der Waals surface area contributed by atoms with Gasteiger partial charge >= 0.3 is 6.18 Å². The highest BCUT2D eigenvalue weighted by molar-refractivity contribution is 5.75. The Morgan fingerprint density at radius 3 is 2.33 bits per heavy atom. The number of carbonyl (C=O) groups is 1. The molecule has 1 rings (SSSR count). The van der Waals surface area contributed by atoms with Crippen LogP contribution in [-0.4, -0.2) is 22.6 Å². The van der Waals surface area contributed by atoms with E-state index in [2.05, 4.69) is 0 Å². The highest BCUT2D eigenvalue weighted by Gasteiger charge is 2.32. The molecule has 4 nitrogen and oxygen atoms in total. The van der Waals surface area contributed by atoms with Crippen molar-refractivity contribution in [2.75, 3.05) is 0 Å². The number of nitriles is 1. The average molecular weight is 259 g/mol. The van der Waals surface area contributed by atoms with E-state index in [1.807, 2.05) is 0 Å². The Bertz CT molecular complexity index is 493. The lowest BCUT2D eigenvalue weighted by Crippen LogP contribution is -2.17. The Balaban J connectivity index is 3.29. The molecule has 2 N–H and O–H groups in total. The summed E-state index contributed by atoms with van der Waals surface area (Å²) in [5, 5.41) is 26.9. The van der Waals surface area contributed by atoms with Gasteiger partial charge in [-0.25, -0.2) is 0 Å². The second-order valence-corrected chi connectivity index (χ2v) is 3.52. The first-order valence-electron chi connectivity index (χ1n) is 4.72. The molecule has 0 saturated carbocycles. The quantitative estimate of drug-likeness (QED) is 0.635. The van der Waals surface area contributed by atoms with Crippen molar-refractivity contribution >= 4 is 6.29 Å². The minimum absolute atomic E-state index is 0.185.